The third-order valence-electron chi connectivity index (χ3n) is 2.15. The molecule has 0 unspecified atom stereocenters. The molecule has 0 saturated carbocycles. The van der Waals surface area contributed by atoms with Crippen molar-refractivity contribution in [3.63, 3.8) is 0 Å². The number of hydrogen-bond donors (Lipinski definition) is 0. The van der Waals surface area contributed by atoms with Gasteiger partial charge < -0.3 is 0 Å². The minimum absolute atomic E-state index is 0.255. The van der Waals surface area contributed by atoms with Crippen molar-refractivity contribution in [3.05, 3.63) is 44.8 Å². The zero-order valence-corrected chi connectivity index (χ0v) is 12.5. The topological polar surface area (TPSA) is 0 Å². The van der Waals surface area contributed by atoms with Gasteiger partial charge in [-0.1, -0.05) is 0 Å². The molecule has 2 heterocycles. The fourth-order valence-electron chi connectivity index (χ4n) is 1.36. The molecular weight excluding hydrogens is 336 g/mol. The Morgan fingerprint density at radius 2 is 1.40 bits per heavy atom. The molecule has 0 aliphatic heterocycles. The van der Waals surface area contributed by atoms with Crippen LogP contribution in [0, 0.1) is 0 Å². The first-order valence-electron chi connectivity index (χ1n) is 5.07. The van der Waals surface area contributed by atoms with Crippen LogP contribution in [-0.4, -0.2) is 20.9 Å². The van der Waals surface area contributed by atoms with E-state index in [4.69, 9.17) is 0 Å². The summed E-state index contributed by atoms with van der Waals surface area (Å²) in [4.78, 5) is 3.13. The number of thiophene rings is 2. The van der Waals surface area contributed by atoms with E-state index in [9.17, 15) is 0 Å². The van der Waals surface area contributed by atoms with Crippen LogP contribution in [0.15, 0.2) is 35.0 Å². The average molecular weight is 350 g/mol. The van der Waals surface area contributed by atoms with E-state index in [-0.39, 0.29) is 20.9 Å². The van der Waals surface area contributed by atoms with Gasteiger partial charge in [-0.15, -0.1) is 0 Å². The van der Waals surface area contributed by atoms with Gasteiger partial charge in [0.25, 0.3) is 0 Å². The van der Waals surface area contributed by atoms with Crippen molar-refractivity contribution < 1.29 is 0 Å². The summed E-state index contributed by atoms with van der Waals surface area (Å²) in [6.07, 6.45) is 2.65. The zero-order chi connectivity index (χ0) is 10.3. The van der Waals surface area contributed by atoms with E-state index >= 15 is 0 Å². The summed E-state index contributed by atoms with van der Waals surface area (Å²) < 4.78 is 2.94. The SMILES string of the molecule is c1csc(CC[Te]CCc2cccs2)c1. The van der Waals surface area contributed by atoms with Crippen LogP contribution in [0.1, 0.15) is 9.75 Å². The fraction of sp³-hybridized carbons (Fsp3) is 0.333. The molecule has 15 heavy (non-hydrogen) atoms. The van der Waals surface area contributed by atoms with Crippen LogP contribution < -0.4 is 0 Å². The molecular formula is C12H14S2Te. The molecule has 0 saturated heterocycles. The number of hydrogen-bond acceptors (Lipinski definition) is 2. The molecule has 0 spiro atoms. The molecule has 0 atom stereocenters. The second-order valence-corrected chi connectivity index (χ2v) is 8.83. The molecule has 0 aliphatic rings. The van der Waals surface area contributed by atoms with Crippen LogP contribution in [-0.2, 0) is 12.8 Å². The summed E-state index contributed by atoms with van der Waals surface area (Å²) in [5.41, 5.74) is 0. The zero-order valence-electron chi connectivity index (χ0n) is 8.52. The summed E-state index contributed by atoms with van der Waals surface area (Å²) in [5, 5.41) is 4.36. The maximum absolute atomic E-state index is 2.26. The summed E-state index contributed by atoms with van der Waals surface area (Å²) >= 11 is 4.06. The molecule has 2 aromatic heterocycles. The molecule has 2 rings (SSSR count). The average Bonchev–Trinajstić information content (AvgIpc) is 2.88. The first-order chi connectivity index (χ1) is 7.45. The predicted molar refractivity (Wildman–Crippen MR) is 71.4 cm³/mol. The van der Waals surface area contributed by atoms with E-state index in [2.05, 4.69) is 35.0 Å². The second-order valence-electron chi connectivity index (χ2n) is 3.27. The Balaban J connectivity index is 1.56. The molecule has 0 radical (unpaired) electrons. The predicted octanol–water partition coefficient (Wildman–Crippen LogP) is 4.14. The van der Waals surface area contributed by atoms with Crippen molar-refractivity contribution in [2.45, 2.75) is 21.8 Å². The van der Waals surface area contributed by atoms with Gasteiger partial charge in [-0.2, -0.15) is 0 Å². The Morgan fingerprint density at radius 3 is 1.80 bits per heavy atom. The number of rotatable bonds is 6. The normalized spacial score (nSPS) is 10.7. The van der Waals surface area contributed by atoms with Crippen molar-refractivity contribution >= 4 is 43.6 Å². The van der Waals surface area contributed by atoms with Gasteiger partial charge in [0.2, 0.25) is 0 Å². The van der Waals surface area contributed by atoms with Gasteiger partial charge in [-0.25, -0.2) is 0 Å². The van der Waals surface area contributed by atoms with Crippen molar-refractivity contribution in [2.75, 3.05) is 0 Å². The third kappa shape index (κ3) is 4.28. The van der Waals surface area contributed by atoms with Crippen molar-refractivity contribution in [1.29, 1.82) is 0 Å². The van der Waals surface area contributed by atoms with E-state index in [1.54, 1.807) is 9.75 Å². The second kappa shape index (κ2) is 6.70. The van der Waals surface area contributed by atoms with Crippen molar-refractivity contribution in [1.82, 2.24) is 0 Å². The van der Waals surface area contributed by atoms with Crippen LogP contribution in [0.3, 0.4) is 0 Å². The van der Waals surface area contributed by atoms with E-state index in [0.717, 1.165) is 0 Å². The summed E-state index contributed by atoms with van der Waals surface area (Å²) in [5.74, 6) is 0. The Kier molecular flexibility index (Phi) is 5.21. The van der Waals surface area contributed by atoms with Gasteiger partial charge >= 0.3 is 110 Å². The molecule has 0 aromatic carbocycles. The van der Waals surface area contributed by atoms with Gasteiger partial charge in [-0.05, 0) is 0 Å². The summed E-state index contributed by atoms with van der Waals surface area (Å²) in [6, 6.07) is 8.84. The van der Waals surface area contributed by atoms with Crippen molar-refractivity contribution in [2.24, 2.45) is 0 Å². The molecule has 0 N–H and O–H groups in total. The molecule has 0 amide bonds. The minimum atomic E-state index is 0.255. The molecule has 0 nitrogen and oxygen atoms in total. The Bertz CT molecular complexity index is 315. The Morgan fingerprint density at radius 1 is 0.867 bits per heavy atom. The van der Waals surface area contributed by atoms with Gasteiger partial charge in [0.05, 0.1) is 0 Å². The van der Waals surface area contributed by atoms with Crippen LogP contribution in [0.25, 0.3) is 0 Å². The molecule has 0 aliphatic carbocycles. The van der Waals surface area contributed by atoms with Crippen molar-refractivity contribution in [3.8, 4) is 0 Å². The fourth-order valence-corrected chi connectivity index (χ4v) is 6.24. The van der Waals surface area contributed by atoms with E-state index in [1.807, 2.05) is 22.7 Å². The first kappa shape index (κ1) is 11.7. The van der Waals surface area contributed by atoms with Crippen LogP contribution in [0.5, 0.6) is 0 Å². The Hall–Kier alpha value is 0.190. The third-order valence-corrected chi connectivity index (χ3v) is 6.83. The molecule has 80 valence electrons. The summed E-state index contributed by atoms with van der Waals surface area (Å²) in [6.45, 7) is 0. The van der Waals surface area contributed by atoms with Gasteiger partial charge in [0.15, 0.2) is 0 Å². The first-order valence-corrected chi connectivity index (χ1v) is 10.1. The molecule has 3 heteroatoms. The standard InChI is InChI=1S/C12H14S2Te/c1-3-11(13-7-1)5-9-15-10-6-12-4-2-8-14-12/h1-4,7-8H,5-6,9-10H2. The van der Waals surface area contributed by atoms with Crippen LogP contribution in [0.4, 0.5) is 0 Å². The quantitative estimate of drug-likeness (QED) is 0.543. The van der Waals surface area contributed by atoms with Crippen LogP contribution >= 0.6 is 22.7 Å². The van der Waals surface area contributed by atoms with E-state index in [0.29, 0.717) is 0 Å². The van der Waals surface area contributed by atoms with E-state index < -0.39 is 0 Å². The van der Waals surface area contributed by atoms with Crippen LogP contribution in [0.2, 0.25) is 8.94 Å². The molecule has 0 fully saturated rings. The molecule has 2 aromatic rings. The maximum atomic E-state index is 2.26. The Labute approximate surface area is 109 Å². The monoisotopic (exact) mass is 352 g/mol. The van der Waals surface area contributed by atoms with Gasteiger partial charge in [0, 0.05) is 0 Å². The molecule has 0 bridgehead atoms. The van der Waals surface area contributed by atoms with E-state index in [1.165, 1.54) is 21.8 Å². The number of aryl methyl sites for hydroxylation is 2. The van der Waals surface area contributed by atoms with Gasteiger partial charge in [0.1, 0.15) is 0 Å². The van der Waals surface area contributed by atoms with Gasteiger partial charge in [-0.3, -0.25) is 0 Å². The summed E-state index contributed by atoms with van der Waals surface area (Å²) in [7, 11) is 0.